The SMILES string of the molecule is O=S(=O)(CCN1OC[C@H]2Cn3cccc3[C@H]21)c1ccccc1. The standard InChI is InChI=1S/C16H18N2O3S/c19-22(20,14-5-2-1-3-6-14)10-9-18-16-13(12-21-18)11-17-8-4-7-15(16)17/h1-8,13,16H,9-12H2/t13-,16+/m1/s1. The summed E-state index contributed by atoms with van der Waals surface area (Å²) in [4.78, 5) is 6.11. The monoisotopic (exact) mass is 318 g/mol. The van der Waals surface area contributed by atoms with Gasteiger partial charge < -0.3 is 4.57 Å². The van der Waals surface area contributed by atoms with Crippen LogP contribution in [-0.2, 0) is 21.2 Å². The molecule has 116 valence electrons. The van der Waals surface area contributed by atoms with E-state index in [-0.39, 0.29) is 11.8 Å². The Hall–Kier alpha value is -1.63. The molecular weight excluding hydrogens is 300 g/mol. The number of sulfone groups is 1. The molecule has 2 aromatic rings. The maximum absolute atomic E-state index is 12.4. The first-order valence-corrected chi connectivity index (χ1v) is 9.13. The first-order chi connectivity index (χ1) is 10.6. The van der Waals surface area contributed by atoms with Gasteiger partial charge >= 0.3 is 0 Å². The highest BCUT2D eigenvalue weighted by Gasteiger charge is 2.42. The third-order valence-electron chi connectivity index (χ3n) is 4.49. The average molecular weight is 318 g/mol. The second-order valence-corrected chi connectivity index (χ2v) is 7.97. The summed E-state index contributed by atoms with van der Waals surface area (Å²) in [5.41, 5.74) is 1.22. The van der Waals surface area contributed by atoms with Crippen LogP contribution in [0.3, 0.4) is 0 Å². The van der Waals surface area contributed by atoms with Gasteiger partial charge in [0.25, 0.3) is 0 Å². The van der Waals surface area contributed by atoms with Crippen LogP contribution in [0.1, 0.15) is 11.7 Å². The van der Waals surface area contributed by atoms with E-state index in [0.717, 1.165) is 6.54 Å². The van der Waals surface area contributed by atoms with Crippen molar-refractivity contribution < 1.29 is 13.3 Å². The van der Waals surface area contributed by atoms with Gasteiger partial charge in [0.2, 0.25) is 0 Å². The van der Waals surface area contributed by atoms with Crippen LogP contribution in [0, 0.1) is 5.92 Å². The van der Waals surface area contributed by atoms with Gasteiger partial charge in [0.05, 0.1) is 23.3 Å². The summed E-state index contributed by atoms with van der Waals surface area (Å²) in [6.45, 7) is 2.01. The average Bonchev–Trinajstić information content (AvgIpc) is 3.18. The van der Waals surface area contributed by atoms with Gasteiger partial charge in [-0.2, -0.15) is 5.06 Å². The quantitative estimate of drug-likeness (QED) is 0.864. The van der Waals surface area contributed by atoms with E-state index in [9.17, 15) is 8.42 Å². The minimum absolute atomic E-state index is 0.0704. The predicted molar refractivity (Wildman–Crippen MR) is 81.8 cm³/mol. The third-order valence-corrected chi connectivity index (χ3v) is 6.20. The Bertz CT molecular complexity index is 770. The molecule has 0 N–H and O–H groups in total. The molecular formula is C16H18N2O3S. The largest absolute Gasteiger partial charge is 0.349 e. The molecule has 1 aromatic heterocycles. The molecule has 1 fully saturated rings. The zero-order valence-electron chi connectivity index (χ0n) is 12.1. The molecule has 2 aliphatic heterocycles. The molecule has 0 aliphatic carbocycles. The van der Waals surface area contributed by atoms with E-state index in [1.807, 2.05) is 17.2 Å². The number of hydrogen-bond donors (Lipinski definition) is 0. The zero-order chi connectivity index (χ0) is 15.2. The van der Waals surface area contributed by atoms with Crippen LogP contribution in [-0.4, -0.2) is 37.0 Å². The molecule has 0 saturated carbocycles. The van der Waals surface area contributed by atoms with Crippen molar-refractivity contribution in [1.29, 1.82) is 0 Å². The molecule has 6 heteroatoms. The fourth-order valence-electron chi connectivity index (χ4n) is 3.41. The first-order valence-electron chi connectivity index (χ1n) is 7.47. The van der Waals surface area contributed by atoms with Gasteiger partial charge in [-0.15, -0.1) is 0 Å². The Kier molecular flexibility index (Phi) is 3.32. The number of hydrogen-bond acceptors (Lipinski definition) is 4. The highest BCUT2D eigenvalue weighted by molar-refractivity contribution is 7.91. The smallest absolute Gasteiger partial charge is 0.179 e. The molecule has 0 bridgehead atoms. The predicted octanol–water partition coefficient (Wildman–Crippen LogP) is 1.88. The number of fused-ring (bicyclic) bond motifs is 3. The van der Waals surface area contributed by atoms with Crippen molar-refractivity contribution >= 4 is 9.84 Å². The molecule has 5 nitrogen and oxygen atoms in total. The van der Waals surface area contributed by atoms with E-state index in [1.54, 1.807) is 24.3 Å². The maximum atomic E-state index is 12.4. The highest BCUT2D eigenvalue weighted by Crippen LogP contribution is 2.41. The molecule has 1 aromatic carbocycles. The molecule has 1 saturated heterocycles. The second-order valence-electron chi connectivity index (χ2n) is 5.86. The van der Waals surface area contributed by atoms with Gasteiger partial charge in [0, 0.05) is 30.9 Å². The Labute approximate surface area is 130 Å². The van der Waals surface area contributed by atoms with Crippen molar-refractivity contribution in [1.82, 2.24) is 9.63 Å². The summed E-state index contributed by atoms with van der Waals surface area (Å²) in [6.07, 6.45) is 2.08. The molecule has 0 spiro atoms. The lowest BCUT2D eigenvalue weighted by Crippen LogP contribution is -2.28. The number of nitrogens with zero attached hydrogens (tertiary/aromatic N) is 2. The molecule has 3 heterocycles. The fraction of sp³-hybridized carbons (Fsp3) is 0.375. The van der Waals surface area contributed by atoms with E-state index < -0.39 is 9.84 Å². The lowest BCUT2D eigenvalue weighted by atomic mass is 10.0. The summed E-state index contributed by atoms with van der Waals surface area (Å²) in [6, 6.07) is 12.9. The lowest BCUT2D eigenvalue weighted by molar-refractivity contribution is -0.129. The normalized spacial score (nSPS) is 24.4. The maximum Gasteiger partial charge on any atom is 0.179 e. The van der Waals surface area contributed by atoms with E-state index >= 15 is 0 Å². The highest BCUT2D eigenvalue weighted by atomic mass is 32.2. The summed E-state index contributed by atoms with van der Waals surface area (Å²) >= 11 is 0. The minimum Gasteiger partial charge on any atom is -0.349 e. The van der Waals surface area contributed by atoms with Gasteiger partial charge in [-0.25, -0.2) is 8.42 Å². The van der Waals surface area contributed by atoms with Crippen LogP contribution in [0.15, 0.2) is 53.6 Å². The number of rotatable bonds is 4. The molecule has 2 aliphatic rings. The van der Waals surface area contributed by atoms with Crippen LogP contribution in [0.25, 0.3) is 0 Å². The first kappa shape index (κ1) is 14.0. The van der Waals surface area contributed by atoms with Crippen molar-refractivity contribution in [2.24, 2.45) is 5.92 Å². The minimum atomic E-state index is -3.27. The lowest BCUT2D eigenvalue weighted by Gasteiger charge is -2.21. The fourth-order valence-corrected chi connectivity index (χ4v) is 4.64. The topological polar surface area (TPSA) is 51.5 Å². The number of aromatic nitrogens is 1. The van der Waals surface area contributed by atoms with E-state index in [0.29, 0.717) is 24.0 Å². The van der Waals surface area contributed by atoms with Gasteiger partial charge in [-0.3, -0.25) is 4.84 Å². The van der Waals surface area contributed by atoms with Crippen LogP contribution in [0.4, 0.5) is 0 Å². The van der Waals surface area contributed by atoms with Crippen LogP contribution in [0.5, 0.6) is 0 Å². The van der Waals surface area contributed by atoms with Crippen LogP contribution >= 0.6 is 0 Å². The number of hydroxylamine groups is 2. The molecule has 0 radical (unpaired) electrons. The van der Waals surface area contributed by atoms with Gasteiger partial charge in [-0.05, 0) is 24.3 Å². The van der Waals surface area contributed by atoms with Crippen molar-refractivity contribution in [3.8, 4) is 0 Å². The Morgan fingerprint density at radius 2 is 1.95 bits per heavy atom. The number of benzene rings is 1. The molecule has 0 unspecified atom stereocenters. The molecule has 22 heavy (non-hydrogen) atoms. The van der Waals surface area contributed by atoms with Crippen molar-refractivity contribution in [3.63, 3.8) is 0 Å². The van der Waals surface area contributed by atoms with Crippen molar-refractivity contribution in [3.05, 3.63) is 54.4 Å². The molecule has 0 amide bonds. The van der Waals surface area contributed by atoms with Gasteiger partial charge in [0.15, 0.2) is 9.84 Å². The van der Waals surface area contributed by atoms with E-state index in [2.05, 4.69) is 16.8 Å². The van der Waals surface area contributed by atoms with Gasteiger partial charge in [0.1, 0.15) is 0 Å². The Balaban J connectivity index is 1.49. The Morgan fingerprint density at radius 3 is 2.77 bits per heavy atom. The van der Waals surface area contributed by atoms with E-state index in [4.69, 9.17) is 4.84 Å². The summed E-state index contributed by atoms with van der Waals surface area (Å²) in [5, 5.41) is 1.85. The van der Waals surface area contributed by atoms with Crippen molar-refractivity contribution in [2.75, 3.05) is 18.9 Å². The summed E-state index contributed by atoms with van der Waals surface area (Å²) < 4.78 is 27.0. The third kappa shape index (κ3) is 2.27. The second kappa shape index (κ2) is 5.22. The van der Waals surface area contributed by atoms with Crippen LogP contribution < -0.4 is 0 Å². The Morgan fingerprint density at radius 1 is 1.14 bits per heavy atom. The molecule has 2 atom stereocenters. The van der Waals surface area contributed by atoms with Crippen molar-refractivity contribution in [2.45, 2.75) is 17.5 Å². The summed E-state index contributed by atoms with van der Waals surface area (Å²) in [5.74, 6) is 0.497. The summed E-state index contributed by atoms with van der Waals surface area (Å²) in [7, 11) is -3.27. The molecule has 4 rings (SSSR count). The van der Waals surface area contributed by atoms with Crippen LogP contribution in [0.2, 0.25) is 0 Å². The van der Waals surface area contributed by atoms with Gasteiger partial charge in [-0.1, -0.05) is 18.2 Å². The zero-order valence-corrected chi connectivity index (χ0v) is 12.9. The van der Waals surface area contributed by atoms with E-state index in [1.165, 1.54) is 5.69 Å².